The third-order valence-electron chi connectivity index (χ3n) is 5.28. The molecular formula is C27H26N2O5S. The molecule has 1 saturated heterocycles. The maximum atomic E-state index is 12.8. The molecule has 3 aromatic rings. The van der Waals surface area contributed by atoms with Gasteiger partial charge in [0.15, 0.2) is 0 Å². The van der Waals surface area contributed by atoms with Crippen molar-refractivity contribution in [2.45, 2.75) is 25.0 Å². The number of imide groups is 1. The smallest absolute Gasteiger partial charge is 0.247 e. The maximum absolute atomic E-state index is 12.8. The summed E-state index contributed by atoms with van der Waals surface area (Å²) < 4.78 is 11.2. The first kappa shape index (κ1) is 24.3. The van der Waals surface area contributed by atoms with Gasteiger partial charge < -0.3 is 14.8 Å². The lowest BCUT2D eigenvalue weighted by Gasteiger charge is -2.15. The maximum Gasteiger partial charge on any atom is 0.247 e. The van der Waals surface area contributed by atoms with E-state index in [9.17, 15) is 14.4 Å². The van der Waals surface area contributed by atoms with Gasteiger partial charge >= 0.3 is 0 Å². The average Bonchev–Trinajstić information content (AvgIpc) is 3.14. The van der Waals surface area contributed by atoms with Crippen LogP contribution in [0.25, 0.3) is 0 Å². The zero-order chi connectivity index (χ0) is 24.6. The monoisotopic (exact) mass is 490 g/mol. The van der Waals surface area contributed by atoms with Crippen molar-refractivity contribution in [3.05, 3.63) is 78.9 Å². The summed E-state index contributed by atoms with van der Waals surface area (Å²) in [4.78, 5) is 38.8. The number of ether oxygens (including phenoxy) is 2. The highest BCUT2D eigenvalue weighted by atomic mass is 32.2. The minimum absolute atomic E-state index is 0.126. The van der Waals surface area contributed by atoms with Gasteiger partial charge in [0.1, 0.15) is 17.2 Å². The molecule has 1 atom stereocenters. The molecule has 1 aliphatic heterocycles. The molecule has 35 heavy (non-hydrogen) atoms. The SMILES string of the molecule is CCOc1ccc(N2C(=O)C[C@H](SCCC(=O)Nc3ccc(Oc4ccccc4)cc3)C2=O)cc1. The Labute approximate surface area is 208 Å². The third-order valence-corrected chi connectivity index (χ3v) is 6.49. The predicted molar refractivity (Wildman–Crippen MR) is 137 cm³/mol. The summed E-state index contributed by atoms with van der Waals surface area (Å²) in [7, 11) is 0. The quantitative estimate of drug-likeness (QED) is 0.390. The van der Waals surface area contributed by atoms with Gasteiger partial charge in [0.05, 0.1) is 17.5 Å². The standard InChI is InChI=1S/C27H26N2O5S/c1-2-33-21-14-10-20(11-15-21)29-26(31)18-24(27(29)32)35-17-16-25(30)28-19-8-12-23(13-9-19)34-22-6-4-3-5-7-22/h3-15,24H,2,16-18H2,1H3,(H,28,30)/t24-/m0/s1. The number of hydrogen-bond donors (Lipinski definition) is 1. The first-order chi connectivity index (χ1) is 17.0. The minimum atomic E-state index is -0.490. The third kappa shape index (κ3) is 6.42. The van der Waals surface area contributed by atoms with Crippen LogP contribution in [0.3, 0.4) is 0 Å². The summed E-state index contributed by atoms with van der Waals surface area (Å²) in [5.41, 5.74) is 1.19. The lowest BCUT2D eigenvalue weighted by atomic mass is 10.3. The van der Waals surface area contributed by atoms with E-state index in [1.807, 2.05) is 37.3 Å². The van der Waals surface area contributed by atoms with Crippen molar-refractivity contribution in [3.8, 4) is 17.2 Å². The van der Waals surface area contributed by atoms with Crippen LogP contribution in [0.15, 0.2) is 78.9 Å². The van der Waals surface area contributed by atoms with Crippen molar-refractivity contribution < 1.29 is 23.9 Å². The van der Waals surface area contributed by atoms with E-state index in [0.717, 1.165) is 5.75 Å². The molecule has 8 heteroatoms. The molecule has 3 aromatic carbocycles. The van der Waals surface area contributed by atoms with Crippen LogP contribution in [0.2, 0.25) is 0 Å². The van der Waals surface area contributed by atoms with E-state index in [-0.39, 0.29) is 30.6 Å². The van der Waals surface area contributed by atoms with Gasteiger partial charge in [-0.05, 0) is 67.6 Å². The number of thioether (sulfide) groups is 1. The summed E-state index contributed by atoms with van der Waals surface area (Å²) >= 11 is 1.33. The number of rotatable bonds is 10. The van der Waals surface area contributed by atoms with Gasteiger partial charge in [-0.2, -0.15) is 0 Å². The number of anilines is 2. The second-order valence-electron chi connectivity index (χ2n) is 7.80. The number of amides is 3. The number of hydrogen-bond acceptors (Lipinski definition) is 6. The number of carbonyl (C=O) groups excluding carboxylic acids is 3. The van der Waals surface area contributed by atoms with Crippen LogP contribution in [0, 0.1) is 0 Å². The zero-order valence-corrected chi connectivity index (χ0v) is 20.1. The highest BCUT2D eigenvalue weighted by Gasteiger charge is 2.39. The van der Waals surface area contributed by atoms with E-state index < -0.39 is 5.25 Å². The van der Waals surface area contributed by atoms with E-state index in [2.05, 4.69) is 5.32 Å². The van der Waals surface area contributed by atoms with Gasteiger partial charge in [-0.15, -0.1) is 11.8 Å². The van der Waals surface area contributed by atoms with Crippen LogP contribution in [0.4, 0.5) is 11.4 Å². The molecule has 0 unspecified atom stereocenters. The predicted octanol–water partition coefficient (Wildman–Crippen LogP) is 5.27. The first-order valence-electron chi connectivity index (χ1n) is 11.4. The fourth-order valence-electron chi connectivity index (χ4n) is 3.61. The van der Waals surface area contributed by atoms with E-state index in [1.165, 1.54) is 16.7 Å². The minimum Gasteiger partial charge on any atom is -0.494 e. The molecule has 0 aromatic heterocycles. The molecule has 3 amide bonds. The van der Waals surface area contributed by atoms with Crippen molar-refractivity contribution in [3.63, 3.8) is 0 Å². The molecule has 0 radical (unpaired) electrons. The number of carbonyl (C=O) groups is 3. The Morgan fingerprint density at radius 3 is 2.29 bits per heavy atom. The highest BCUT2D eigenvalue weighted by molar-refractivity contribution is 8.00. The average molecular weight is 491 g/mol. The van der Waals surface area contributed by atoms with Crippen molar-refractivity contribution >= 4 is 40.9 Å². The van der Waals surface area contributed by atoms with Gasteiger partial charge in [0, 0.05) is 24.3 Å². The van der Waals surface area contributed by atoms with Gasteiger partial charge in [0.2, 0.25) is 17.7 Å². The zero-order valence-electron chi connectivity index (χ0n) is 19.3. The summed E-state index contributed by atoms with van der Waals surface area (Å²) in [6.45, 7) is 2.43. The summed E-state index contributed by atoms with van der Waals surface area (Å²) in [5, 5.41) is 2.36. The van der Waals surface area contributed by atoms with E-state index >= 15 is 0 Å². The van der Waals surface area contributed by atoms with E-state index in [1.54, 1.807) is 48.5 Å². The largest absolute Gasteiger partial charge is 0.494 e. The molecule has 0 bridgehead atoms. The molecule has 4 rings (SSSR count). The van der Waals surface area contributed by atoms with E-state index in [0.29, 0.717) is 35.2 Å². The fraction of sp³-hybridized carbons (Fsp3) is 0.222. The molecule has 7 nitrogen and oxygen atoms in total. The van der Waals surface area contributed by atoms with Gasteiger partial charge in [-0.1, -0.05) is 18.2 Å². The molecule has 1 fully saturated rings. The van der Waals surface area contributed by atoms with Gasteiger partial charge in [0.25, 0.3) is 0 Å². The Bertz CT molecular complexity index is 1170. The Morgan fingerprint density at radius 2 is 1.60 bits per heavy atom. The van der Waals surface area contributed by atoms with E-state index in [4.69, 9.17) is 9.47 Å². The lowest BCUT2D eigenvalue weighted by molar-refractivity contribution is -0.121. The Hall–Kier alpha value is -3.78. The van der Waals surface area contributed by atoms with Crippen LogP contribution in [-0.2, 0) is 14.4 Å². The van der Waals surface area contributed by atoms with Gasteiger partial charge in [-0.25, -0.2) is 4.90 Å². The Balaban J connectivity index is 1.23. The summed E-state index contributed by atoms with van der Waals surface area (Å²) in [6.07, 6.45) is 0.356. The molecular weight excluding hydrogens is 464 g/mol. The summed E-state index contributed by atoms with van der Waals surface area (Å²) in [5.74, 6) is 1.88. The second-order valence-corrected chi connectivity index (χ2v) is 9.11. The van der Waals surface area contributed by atoms with Crippen molar-refractivity contribution in [2.24, 2.45) is 0 Å². The molecule has 180 valence electrons. The summed E-state index contributed by atoms with van der Waals surface area (Å²) in [6, 6.07) is 23.5. The van der Waals surface area contributed by atoms with Crippen LogP contribution < -0.4 is 19.7 Å². The topological polar surface area (TPSA) is 84.9 Å². The molecule has 1 heterocycles. The van der Waals surface area contributed by atoms with Crippen molar-refractivity contribution in [1.29, 1.82) is 0 Å². The normalized spacial score (nSPS) is 15.2. The molecule has 1 N–H and O–H groups in total. The molecule has 0 spiro atoms. The number of nitrogens with zero attached hydrogens (tertiary/aromatic N) is 1. The fourth-order valence-corrected chi connectivity index (χ4v) is 4.71. The number of benzene rings is 3. The molecule has 1 aliphatic rings. The highest BCUT2D eigenvalue weighted by Crippen LogP contribution is 2.31. The molecule has 0 saturated carbocycles. The van der Waals surface area contributed by atoms with Crippen molar-refractivity contribution in [2.75, 3.05) is 22.6 Å². The van der Waals surface area contributed by atoms with Crippen molar-refractivity contribution in [1.82, 2.24) is 0 Å². The number of nitrogens with one attached hydrogen (secondary N) is 1. The van der Waals surface area contributed by atoms with Crippen LogP contribution in [0.5, 0.6) is 17.2 Å². The number of para-hydroxylation sites is 1. The first-order valence-corrected chi connectivity index (χ1v) is 12.4. The Kier molecular flexibility index (Phi) is 8.05. The Morgan fingerprint density at radius 1 is 0.943 bits per heavy atom. The lowest BCUT2D eigenvalue weighted by Crippen LogP contribution is -2.31. The van der Waals surface area contributed by atoms with Gasteiger partial charge in [-0.3, -0.25) is 14.4 Å². The van der Waals surface area contributed by atoms with Crippen LogP contribution >= 0.6 is 11.8 Å². The van der Waals surface area contributed by atoms with Crippen LogP contribution in [-0.4, -0.2) is 35.3 Å². The van der Waals surface area contributed by atoms with Crippen LogP contribution in [0.1, 0.15) is 19.8 Å². The molecule has 0 aliphatic carbocycles. The second kappa shape index (κ2) is 11.6.